The second kappa shape index (κ2) is 7.38. The van der Waals surface area contributed by atoms with Crippen molar-refractivity contribution >= 4 is 17.0 Å². The van der Waals surface area contributed by atoms with Crippen molar-refractivity contribution in [1.82, 2.24) is 20.0 Å². The fourth-order valence-corrected chi connectivity index (χ4v) is 2.70. The summed E-state index contributed by atoms with van der Waals surface area (Å²) in [7, 11) is 0. The van der Waals surface area contributed by atoms with E-state index in [0.717, 1.165) is 11.3 Å². The lowest BCUT2D eigenvalue weighted by Crippen LogP contribution is -2.33. The Hall–Kier alpha value is -3.16. The summed E-state index contributed by atoms with van der Waals surface area (Å²) in [5.41, 5.74) is 1.18. The maximum absolute atomic E-state index is 12.6. The van der Waals surface area contributed by atoms with Gasteiger partial charge in [-0.3, -0.25) is 14.2 Å². The average molecular weight is 356 g/mol. The Balaban J connectivity index is 1.76. The van der Waals surface area contributed by atoms with Crippen LogP contribution in [0.1, 0.15) is 24.0 Å². The van der Waals surface area contributed by atoms with Crippen LogP contribution in [0.25, 0.3) is 11.1 Å². The van der Waals surface area contributed by atoms with E-state index in [9.17, 15) is 9.59 Å². The largest absolute Gasteiger partial charge is 0.494 e. The highest BCUT2D eigenvalue weighted by Crippen LogP contribution is 2.17. The topological polar surface area (TPSA) is 99.2 Å². The number of fused-ring (bicyclic) bond motifs is 1. The molecule has 3 aromatic rings. The van der Waals surface area contributed by atoms with Crippen LogP contribution in [0.2, 0.25) is 0 Å². The van der Waals surface area contributed by atoms with Crippen molar-refractivity contribution in [3.8, 4) is 5.75 Å². The van der Waals surface area contributed by atoms with Gasteiger partial charge in [-0.05, 0) is 26.8 Å². The highest BCUT2D eigenvalue weighted by molar-refractivity contribution is 5.77. The summed E-state index contributed by atoms with van der Waals surface area (Å²) in [6.45, 7) is 5.94. The molecule has 0 unspecified atom stereocenters. The first-order chi connectivity index (χ1) is 12.5. The van der Waals surface area contributed by atoms with Gasteiger partial charge in [-0.2, -0.15) is 4.98 Å². The Kier molecular flexibility index (Phi) is 5.01. The van der Waals surface area contributed by atoms with E-state index in [1.807, 2.05) is 31.2 Å². The number of carbonyl (C=O) groups is 1. The number of amides is 1. The molecule has 0 spiro atoms. The zero-order valence-electron chi connectivity index (χ0n) is 14.9. The molecule has 1 N–H and O–H groups in total. The minimum atomic E-state index is -0.337. The molecule has 0 atom stereocenters. The summed E-state index contributed by atoms with van der Waals surface area (Å²) < 4.78 is 11.9. The number of aryl methyl sites for hydroxylation is 2. The van der Waals surface area contributed by atoms with Crippen LogP contribution in [0.5, 0.6) is 5.75 Å². The molecule has 0 aliphatic carbocycles. The van der Waals surface area contributed by atoms with Gasteiger partial charge in [-0.1, -0.05) is 23.4 Å². The van der Waals surface area contributed by atoms with Gasteiger partial charge in [0.15, 0.2) is 0 Å². The van der Waals surface area contributed by atoms with Crippen molar-refractivity contribution < 1.29 is 14.1 Å². The molecule has 3 rings (SSSR count). The molecule has 136 valence electrons. The van der Waals surface area contributed by atoms with Crippen molar-refractivity contribution in [2.45, 2.75) is 33.9 Å². The number of benzene rings is 1. The second-order valence-corrected chi connectivity index (χ2v) is 5.82. The van der Waals surface area contributed by atoms with Gasteiger partial charge in [-0.15, -0.1) is 0 Å². The standard InChI is InChI=1S/C18H20N4O4/c1-4-25-14-8-6-5-7-13(14)9-19-15(23)10-22-12(3)20-17-16(18(22)24)11(2)21-26-17/h5-8H,4,9-10H2,1-3H3,(H,19,23). The zero-order chi connectivity index (χ0) is 18.7. The fraction of sp³-hybridized carbons (Fsp3) is 0.333. The van der Waals surface area contributed by atoms with E-state index in [1.165, 1.54) is 4.57 Å². The van der Waals surface area contributed by atoms with E-state index < -0.39 is 0 Å². The van der Waals surface area contributed by atoms with Crippen molar-refractivity contribution in [2.75, 3.05) is 6.61 Å². The van der Waals surface area contributed by atoms with Crippen LogP contribution < -0.4 is 15.6 Å². The van der Waals surface area contributed by atoms with Gasteiger partial charge in [0.1, 0.15) is 23.5 Å². The fourth-order valence-electron chi connectivity index (χ4n) is 2.70. The maximum Gasteiger partial charge on any atom is 0.267 e. The Morgan fingerprint density at radius 3 is 2.85 bits per heavy atom. The molecule has 1 amide bonds. The monoisotopic (exact) mass is 356 g/mol. The maximum atomic E-state index is 12.6. The summed E-state index contributed by atoms with van der Waals surface area (Å²) in [5.74, 6) is 0.826. The highest BCUT2D eigenvalue weighted by Gasteiger charge is 2.16. The number of aromatic nitrogens is 3. The quantitative estimate of drug-likeness (QED) is 0.722. The molecule has 0 saturated heterocycles. The summed E-state index contributed by atoms with van der Waals surface area (Å²) >= 11 is 0. The summed E-state index contributed by atoms with van der Waals surface area (Å²) in [4.78, 5) is 29.1. The molecule has 0 fully saturated rings. The van der Waals surface area contributed by atoms with Gasteiger partial charge in [0, 0.05) is 12.1 Å². The predicted molar refractivity (Wildman–Crippen MR) is 95.0 cm³/mol. The van der Waals surface area contributed by atoms with Gasteiger partial charge in [0.25, 0.3) is 11.3 Å². The van der Waals surface area contributed by atoms with E-state index in [1.54, 1.807) is 13.8 Å². The number of nitrogens with one attached hydrogen (secondary N) is 1. The summed E-state index contributed by atoms with van der Waals surface area (Å²) in [5, 5.41) is 6.86. The lowest BCUT2D eigenvalue weighted by Gasteiger charge is -2.12. The Bertz CT molecular complexity index is 1010. The number of carbonyl (C=O) groups excluding carboxylic acids is 1. The third-order valence-corrected chi connectivity index (χ3v) is 4.01. The highest BCUT2D eigenvalue weighted by atomic mass is 16.5. The van der Waals surface area contributed by atoms with Gasteiger partial charge in [0.05, 0.1) is 12.3 Å². The van der Waals surface area contributed by atoms with Gasteiger partial charge in [-0.25, -0.2) is 0 Å². The lowest BCUT2D eigenvalue weighted by molar-refractivity contribution is -0.121. The van der Waals surface area contributed by atoms with Crippen LogP contribution in [-0.2, 0) is 17.9 Å². The third-order valence-electron chi connectivity index (χ3n) is 4.01. The first-order valence-corrected chi connectivity index (χ1v) is 8.32. The molecule has 8 heteroatoms. The molecule has 0 aliphatic rings. The third kappa shape index (κ3) is 3.44. The van der Waals surface area contributed by atoms with Crippen LogP contribution in [0.4, 0.5) is 0 Å². The molecule has 0 radical (unpaired) electrons. The number of ether oxygens (including phenoxy) is 1. The van der Waals surface area contributed by atoms with Gasteiger partial charge in [0.2, 0.25) is 5.91 Å². The lowest BCUT2D eigenvalue weighted by atomic mass is 10.2. The van der Waals surface area contributed by atoms with Crippen molar-refractivity contribution in [1.29, 1.82) is 0 Å². The summed E-state index contributed by atoms with van der Waals surface area (Å²) in [6, 6.07) is 7.50. The molecule has 2 heterocycles. The van der Waals surface area contributed by atoms with Crippen molar-refractivity contribution in [3.05, 3.63) is 51.7 Å². The normalized spacial score (nSPS) is 10.9. The Morgan fingerprint density at radius 1 is 1.31 bits per heavy atom. The first kappa shape index (κ1) is 17.7. The molecule has 2 aromatic heterocycles. The zero-order valence-corrected chi connectivity index (χ0v) is 14.9. The molecular formula is C18H20N4O4. The van der Waals surface area contributed by atoms with Crippen LogP contribution in [0, 0.1) is 13.8 Å². The summed E-state index contributed by atoms with van der Waals surface area (Å²) in [6.07, 6.45) is 0. The molecule has 8 nitrogen and oxygen atoms in total. The van der Waals surface area contributed by atoms with Crippen LogP contribution >= 0.6 is 0 Å². The number of hydrogen-bond acceptors (Lipinski definition) is 6. The van der Waals surface area contributed by atoms with E-state index in [4.69, 9.17) is 9.26 Å². The SMILES string of the molecule is CCOc1ccccc1CNC(=O)Cn1c(C)nc2onc(C)c2c1=O. The van der Waals surface area contributed by atoms with Gasteiger partial charge >= 0.3 is 0 Å². The number of rotatable bonds is 6. The molecule has 1 aromatic carbocycles. The minimum absolute atomic E-state index is 0.130. The molecule has 0 bridgehead atoms. The predicted octanol–water partition coefficient (Wildman–Crippen LogP) is 1.72. The molecule has 0 saturated carbocycles. The molecular weight excluding hydrogens is 336 g/mol. The van der Waals surface area contributed by atoms with E-state index >= 15 is 0 Å². The minimum Gasteiger partial charge on any atom is -0.494 e. The average Bonchev–Trinajstić information content (AvgIpc) is 2.99. The van der Waals surface area contributed by atoms with Gasteiger partial charge < -0.3 is 14.6 Å². The van der Waals surface area contributed by atoms with Crippen molar-refractivity contribution in [3.63, 3.8) is 0 Å². The molecule has 26 heavy (non-hydrogen) atoms. The van der Waals surface area contributed by atoms with Crippen molar-refractivity contribution in [2.24, 2.45) is 0 Å². The molecule has 0 aliphatic heterocycles. The van der Waals surface area contributed by atoms with Crippen LogP contribution in [0.15, 0.2) is 33.6 Å². The van der Waals surface area contributed by atoms with Crippen LogP contribution in [0.3, 0.4) is 0 Å². The number of nitrogens with zero attached hydrogens (tertiary/aromatic N) is 3. The smallest absolute Gasteiger partial charge is 0.267 e. The number of para-hydroxylation sites is 1. The van der Waals surface area contributed by atoms with Crippen LogP contribution in [-0.4, -0.2) is 27.2 Å². The number of hydrogen-bond donors (Lipinski definition) is 1. The van der Waals surface area contributed by atoms with E-state index in [2.05, 4.69) is 15.5 Å². The van der Waals surface area contributed by atoms with E-state index in [-0.39, 0.29) is 23.7 Å². The van der Waals surface area contributed by atoms with E-state index in [0.29, 0.717) is 30.1 Å². The second-order valence-electron chi connectivity index (χ2n) is 5.82. The first-order valence-electron chi connectivity index (χ1n) is 8.32. The Labute approximate surface area is 149 Å². The Morgan fingerprint density at radius 2 is 2.08 bits per heavy atom.